The number of amides is 1. The van der Waals surface area contributed by atoms with Gasteiger partial charge >= 0.3 is 0 Å². The van der Waals surface area contributed by atoms with Gasteiger partial charge in [0.25, 0.3) is 0 Å². The van der Waals surface area contributed by atoms with Gasteiger partial charge in [-0.2, -0.15) is 5.26 Å². The van der Waals surface area contributed by atoms with Crippen LogP contribution in [0.2, 0.25) is 0 Å². The van der Waals surface area contributed by atoms with E-state index in [1.54, 1.807) is 6.07 Å². The SMILES string of the molecule is N#Cc1cccn1CCC(N)C(=O)N1CCC2CCCCC2C1. The lowest BCUT2D eigenvalue weighted by atomic mass is 9.75. The summed E-state index contributed by atoms with van der Waals surface area (Å²) in [6.07, 6.45) is 8.84. The average molecular weight is 314 g/mol. The van der Waals surface area contributed by atoms with E-state index in [2.05, 4.69) is 6.07 Å². The number of hydrogen-bond donors (Lipinski definition) is 1. The number of aromatic nitrogens is 1. The maximum atomic E-state index is 12.6. The van der Waals surface area contributed by atoms with Crippen molar-refractivity contribution in [2.24, 2.45) is 17.6 Å². The van der Waals surface area contributed by atoms with E-state index in [-0.39, 0.29) is 5.91 Å². The van der Waals surface area contributed by atoms with Crippen LogP contribution in [0.5, 0.6) is 0 Å². The molecule has 2 aliphatic rings. The van der Waals surface area contributed by atoms with Crippen molar-refractivity contribution < 1.29 is 4.79 Å². The molecule has 1 aliphatic heterocycles. The van der Waals surface area contributed by atoms with Crippen LogP contribution in [-0.2, 0) is 11.3 Å². The second-order valence-corrected chi connectivity index (χ2v) is 6.97. The van der Waals surface area contributed by atoms with Crippen LogP contribution in [0.25, 0.3) is 0 Å². The number of nitrogens with zero attached hydrogens (tertiary/aromatic N) is 3. The lowest BCUT2D eigenvalue weighted by Crippen LogP contribution is -2.50. The van der Waals surface area contributed by atoms with E-state index in [0.717, 1.165) is 25.4 Å². The Morgan fingerprint density at radius 1 is 1.35 bits per heavy atom. The summed E-state index contributed by atoms with van der Waals surface area (Å²) < 4.78 is 1.86. The van der Waals surface area contributed by atoms with E-state index in [1.807, 2.05) is 21.7 Å². The van der Waals surface area contributed by atoms with Crippen LogP contribution >= 0.6 is 0 Å². The highest BCUT2D eigenvalue weighted by molar-refractivity contribution is 5.81. The molecule has 5 heteroatoms. The summed E-state index contributed by atoms with van der Waals surface area (Å²) in [7, 11) is 0. The molecule has 124 valence electrons. The summed E-state index contributed by atoms with van der Waals surface area (Å²) in [5.41, 5.74) is 6.75. The highest BCUT2D eigenvalue weighted by Crippen LogP contribution is 2.36. The summed E-state index contributed by atoms with van der Waals surface area (Å²) in [6.45, 7) is 2.37. The Balaban J connectivity index is 1.52. The standard InChI is InChI=1S/C18H26N4O/c19-12-16-6-3-9-21(16)11-8-17(20)18(23)22-10-7-14-4-1-2-5-15(14)13-22/h3,6,9,14-15,17H,1-2,4-5,7-8,10-11,13,20H2. The molecule has 1 saturated carbocycles. The summed E-state index contributed by atoms with van der Waals surface area (Å²) in [4.78, 5) is 14.6. The molecule has 3 atom stereocenters. The molecule has 0 spiro atoms. The number of likely N-dealkylation sites (tertiary alicyclic amines) is 1. The Morgan fingerprint density at radius 3 is 2.91 bits per heavy atom. The molecule has 1 aromatic rings. The minimum absolute atomic E-state index is 0.0830. The zero-order chi connectivity index (χ0) is 16.2. The molecule has 0 bridgehead atoms. The van der Waals surface area contributed by atoms with Gasteiger partial charge in [-0.05, 0) is 43.2 Å². The zero-order valence-corrected chi connectivity index (χ0v) is 13.7. The van der Waals surface area contributed by atoms with Crippen molar-refractivity contribution in [1.29, 1.82) is 5.26 Å². The Morgan fingerprint density at radius 2 is 2.13 bits per heavy atom. The van der Waals surface area contributed by atoms with Crippen molar-refractivity contribution in [3.05, 3.63) is 24.0 Å². The molecule has 3 rings (SSSR count). The minimum atomic E-state index is -0.468. The molecular formula is C18H26N4O. The van der Waals surface area contributed by atoms with Crippen LogP contribution in [0, 0.1) is 23.2 Å². The number of carbonyl (C=O) groups excluding carboxylic acids is 1. The fraction of sp³-hybridized carbons (Fsp3) is 0.667. The van der Waals surface area contributed by atoms with Gasteiger partial charge in [0, 0.05) is 25.8 Å². The van der Waals surface area contributed by atoms with E-state index in [4.69, 9.17) is 11.0 Å². The van der Waals surface area contributed by atoms with Crippen LogP contribution in [0.4, 0.5) is 0 Å². The second kappa shape index (κ2) is 7.18. The van der Waals surface area contributed by atoms with Crippen molar-refractivity contribution in [3.8, 4) is 6.07 Å². The molecule has 5 nitrogen and oxygen atoms in total. The number of carbonyl (C=O) groups is 1. The number of hydrogen-bond acceptors (Lipinski definition) is 3. The number of fused-ring (bicyclic) bond motifs is 1. The van der Waals surface area contributed by atoms with E-state index < -0.39 is 6.04 Å². The van der Waals surface area contributed by atoms with Crippen LogP contribution in [0.1, 0.15) is 44.2 Å². The second-order valence-electron chi connectivity index (χ2n) is 6.97. The monoisotopic (exact) mass is 314 g/mol. The lowest BCUT2D eigenvalue weighted by Gasteiger charge is -2.42. The van der Waals surface area contributed by atoms with Gasteiger partial charge in [-0.1, -0.05) is 19.3 Å². The number of rotatable bonds is 4. The van der Waals surface area contributed by atoms with E-state index >= 15 is 0 Å². The van der Waals surface area contributed by atoms with Gasteiger partial charge < -0.3 is 15.2 Å². The van der Waals surface area contributed by atoms with E-state index in [0.29, 0.717) is 24.6 Å². The molecule has 3 unspecified atom stereocenters. The largest absolute Gasteiger partial charge is 0.341 e. The highest BCUT2D eigenvalue weighted by Gasteiger charge is 2.34. The third kappa shape index (κ3) is 3.59. The maximum Gasteiger partial charge on any atom is 0.239 e. The van der Waals surface area contributed by atoms with Crippen LogP contribution in [0.15, 0.2) is 18.3 Å². The topological polar surface area (TPSA) is 75.0 Å². The van der Waals surface area contributed by atoms with Gasteiger partial charge in [0.15, 0.2) is 0 Å². The van der Waals surface area contributed by atoms with Gasteiger partial charge in [0.1, 0.15) is 11.8 Å². The third-order valence-corrected chi connectivity index (χ3v) is 5.55. The van der Waals surface area contributed by atoms with E-state index in [9.17, 15) is 4.79 Å². The molecule has 1 aromatic heterocycles. The lowest BCUT2D eigenvalue weighted by molar-refractivity contribution is -0.135. The molecule has 2 heterocycles. The summed E-state index contributed by atoms with van der Waals surface area (Å²) in [5.74, 6) is 1.59. The predicted octanol–water partition coefficient (Wildman–Crippen LogP) is 2.12. The quantitative estimate of drug-likeness (QED) is 0.925. The maximum absolute atomic E-state index is 12.6. The minimum Gasteiger partial charge on any atom is -0.341 e. The van der Waals surface area contributed by atoms with Gasteiger partial charge in [0.05, 0.1) is 6.04 Å². The van der Waals surface area contributed by atoms with Crippen molar-refractivity contribution in [1.82, 2.24) is 9.47 Å². The Bertz CT molecular complexity index is 588. The fourth-order valence-electron chi connectivity index (χ4n) is 4.15. The fourth-order valence-corrected chi connectivity index (χ4v) is 4.15. The predicted molar refractivity (Wildman–Crippen MR) is 88.4 cm³/mol. The summed E-state index contributed by atoms with van der Waals surface area (Å²) >= 11 is 0. The molecule has 1 saturated heterocycles. The van der Waals surface area contributed by atoms with Crippen molar-refractivity contribution in [2.45, 2.75) is 51.1 Å². The first kappa shape index (κ1) is 16.1. The molecule has 1 amide bonds. The molecule has 23 heavy (non-hydrogen) atoms. The van der Waals surface area contributed by atoms with Gasteiger partial charge in [-0.15, -0.1) is 0 Å². The van der Waals surface area contributed by atoms with Crippen LogP contribution in [0.3, 0.4) is 0 Å². The van der Waals surface area contributed by atoms with Gasteiger partial charge in [-0.3, -0.25) is 4.79 Å². The van der Waals surface area contributed by atoms with Crippen molar-refractivity contribution in [3.63, 3.8) is 0 Å². The first-order valence-electron chi connectivity index (χ1n) is 8.78. The first-order chi connectivity index (χ1) is 11.2. The van der Waals surface area contributed by atoms with Crippen LogP contribution < -0.4 is 5.73 Å². The summed E-state index contributed by atoms with van der Waals surface area (Å²) in [5, 5.41) is 9.02. The average Bonchev–Trinajstić information content (AvgIpc) is 3.06. The molecule has 0 aromatic carbocycles. The zero-order valence-electron chi connectivity index (χ0n) is 13.7. The van der Waals surface area contributed by atoms with Crippen LogP contribution in [-0.4, -0.2) is 34.5 Å². The third-order valence-electron chi connectivity index (χ3n) is 5.55. The van der Waals surface area contributed by atoms with Crippen molar-refractivity contribution in [2.75, 3.05) is 13.1 Å². The molecule has 0 radical (unpaired) electrons. The first-order valence-corrected chi connectivity index (χ1v) is 8.78. The molecule has 2 N–H and O–H groups in total. The highest BCUT2D eigenvalue weighted by atomic mass is 16.2. The number of piperidine rings is 1. The molecule has 1 aliphatic carbocycles. The van der Waals surface area contributed by atoms with Gasteiger partial charge in [0.2, 0.25) is 5.91 Å². The smallest absolute Gasteiger partial charge is 0.239 e. The Hall–Kier alpha value is -1.80. The van der Waals surface area contributed by atoms with Gasteiger partial charge in [-0.25, -0.2) is 0 Å². The normalized spacial score (nSPS) is 25.5. The number of nitriles is 1. The molecular weight excluding hydrogens is 288 g/mol. The summed E-state index contributed by atoms with van der Waals surface area (Å²) in [6, 6.07) is 5.31. The van der Waals surface area contributed by atoms with E-state index in [1.165, 1.54) is 25.7 Å². The van der Waals surface area contributed by atoms with Crippen molar-refractivity contribution >= 4 is 5.91 Å². The number of aryl methyl sites for hydroxylation is 1. The number of nitrogens with two attached hydrogens (primary N) is 1. The Labute approximate surface area is 138 Å². The Kier molecular flexibility index (Phi) is 5.02. The molecule has 2 fully saturated rings.